The van der Waals surface area contributed by atoms with Crippen molar-refractivity contribution in [3.63, 3.8) is 0 Å². The lowest BCUT2D eigenvalue weighted by molar-refractivity contribution is 0.523. The van der Waals surface area contributed by atoms with Gasteiger partial charge in [0.1, 0.15) is 5.82 Å². The molecule has 1 N–H and O–H groups in total. The first kappa shape index (κ1) is 13.2. The third kappa shape index (κ3) is 5.31. The van der Waals surface area contributed by atoms with Crippen molar-refractivity contribution < 1.29 is 0 Å². The third-order valence-electron chi connectivity index (χ3n) is 2.80. The number of rotatable bonds is 8. The standard InChI is InChI=1S/C13H25N3/c1-12(2)14-8-6-4-5-7-10-16-11-9-15-13(16)3/h9,11-12,14H,4-8,10H2,1-3H3. The summed E-state index contributed by atoms with van der Waals surface area (Å²) < 4.78 is 2.23. The van der Waals surface area contributed by atoms with Crippen LogP contribution >= 0.6 is 0 Å². The van der Waals surface area contributed by atoms with Gasteiger partial charge in [0.05, 0.1) is 0 Å². The Balaban J connectivity index is 1.94. The van der Waals surface area contributed by atoms with Crippen LogP contribution in [0.1, 0.15) is 45.4 Å². The van der Waals surface area contributed by atoms with Crippen LogP contribution in [0.25, 0.3) is 0 Å². The lowest BCUT2D eigenvalue weighted by Crippen LogP contribution is -2.23. The van der Waals surface area contributed by atoms with Gasteiger partial charge in [0.25, 0.3) is 0 Å². The Morgan fingerprint density at radius 1 is 1.25 bits per heavy atom. The highest BCUT2D eigenvalue weighted by Gasteiger charge is 1.96. The van der Waals surface area contributed by atoms with Crippen LogP contribution < -0.4 is 5.32 Å². The fraction of sp³-hybridized carbons (Fsp3) is 0.769. The van der Waals surface area contributed by atoms with Gasteiger partial charge in [-0.1, -0.05) is 26.7 Å². The Morgan fingerprint density at radius 2 is 2.00 bits per heavy atom. The molecule has 3 heteroatoms. The molecule has 0 spiro atoms. The van der Waals surface area contributed by atoms with Crippen LogP contribution in [0.15, 0.2) is 12.4 Å². The average molecular weight is 223 g/mol. The van der Waals surface area contributed by atoms with E-state index in [4.69, 9.17) is 0 Å². The van der Waals surface area contributed by atoms with Gasteiger partial charge in [0, 0.05) is 25.0 Å². The van der Waals surface area contributed by atoms with E-state index in [0.717, 1.165) is 18.9 Å². The van der Waals surface area contributed by atoms with E-state index in [1.807, 2.05) is 6.20 Å². The van der Waals surface area contributed by atoms with Gasteiger partial charge in [0.15, 0.2) is 0 Å². The van der Waals surface area contributed by atoms with E-state index in [1.165, 1.54) is 25.7 Å². The summed E-state index contributed by atoms with van der Waals surface area (Å²) in [6.45, 7) is 8.72. The molecule has 1 rings (SSSR count). The zero-order valence-electron chi connectivity index (χ0n) is 10.9. The molecule has 92 valence electrons. The number of unbranched alkanes of at least 4 members (excludes halogenated alkanes) is 3. The van der Waals surface area contributed by atoms with E-state index in [2.05, 4.69) is 41.8 Å². The maximum Gasteiger partial charge on any atom is 0.105 e. The second kappa shape index (κ2) is 7.44. The highest BCUT2D eigenvalue weighted by Crippen LogP contribution is 2.03. The maximum absolute atomic E-state index is 4.22. The summed E-state index contributed by atoms with van der Waals surface area (Å²) in [7, 11) is 0. The second-order valence-corrected chi connectivity index (χ2v) is 4.69. The summed E-state index contributed by atoms with van der Waals surface area (Å²) in [4.78, 5) is 4.22. The largest absolute Gasteiger partial charge is 0.335 e. The molecule has 16 heavy (non-hydrogen) atoms. The molecule has 0 saturated carbocycles. The van der Waals surface area contributed by atoms with Crippen molar-refractivity contribution in [2.75, 3.05) is 6.54 Å². The first-order valence-electron chi connectivity index (χ1n) is 6.41. The molecule has 0 atom stereocenters. The number of hydrogen-bond acceptors (Lipinski definition) is 2. The summed E-state index contributed by atoms with van der Waals surface area (Å²) in [6.07, 6.45) is 9.14. The SMILES string of the molecule is Cc1nccn1CCCCCCNC(C)C. The fourth-order valence-corrected chi connectivity index (χ4v) is 1.79. The topological polar surface area (TPSA) is 29.9 Å². The molecule has 0 aliphatic heterocycles. The van der Waals surface area contributed by atoms with Crippen molar-refractivity contribution in [3.8, 4) is 0 Å². The summed E-state index contributed by atoms with van der Waals surface area (Å²) in [5.41, 5.74) is 0. The minimum absolute atomic E-state index is 0.619. The minimum atomic E-state index is 0.619. The first-order valence-corrected chi connectivity index (χ1v) is 6.41. The molecule has 0 unspecified atom stereocenters. The van der Waals surface area contributed by atoms with E-state index in [9.17, 15) is 0 Å². The van der Waals surface area contributed by atoms with Crippen LogP contribution in [-0.2, 0) is 6.54 Å². The van der Waals surface area contributed by atoms with Gasteiger partial charge in [0.2, 0.25) is 0 Å². The molecule has 3 nitrogen and oxygen atoms in total. The second-order valence-electron chi connectivity index (χ2n) is 4.69. The summed E-state index contributed by atoms with van der Waals surface area (Å²) in [5, 5.41) is 3.44. The Labute approximate surface area is 99.3 Å². The fourth-order valence-electron chi connectivity index (χ4n) is 1.79. The van der Waals surface area contributed by atoms with E-state index in [-0.39, 0.29) is 0 Å². The number of imidazole rings is 1. The van der Waals surface area contributed by atoms with Gasteiger partial charge in [-0.15, -0.1) is 0 Å². The van der Waals surface area contributed by atoms with E-state index >= 15 is 0 Å². The predicted octanol–water partition coefficient (Wildman–Crippen LogP) is 2.75. The summed E-state index contributed by atoms with van der Waals surface area (Å²) >= 11 is 0. The van der Waals surface area contributed by atoms with Crippen molar-refractivity contribution in [2.24, 2.45) is 0 Å². The van der Waals surface area contributed by atoms with E-state index in [0.29, 0.717) is 6.04 Å². The van der Waals surface area contributed by atoms with Crippen molar-refractivity contribution in [1.29, 1.82) is 0 Å². The highest BCUT2D eigenvalue weighted by atomic mass is 15.0. The van der Waals surface area contributed by atoms with Gasteiger partial charge < -0.3 is 9.88 Å². The molecule has 0 aliphatic rings. The van der Waals surface area contributed by atoms with Crippen molar-refractivity contribution in [2.45, 2.75) is 59.0 Å². The average Bonchev–Trinajstić information content (AvgIpc) is 2.62. The number of nitrogens with zero attached hydrogens (tertiary/aromatic N) is 2. The van der Waals surface area contributed by atoms with Crippen LogP contribution in [0.4, 0.5) is 0 Å². The molecular weight excluding hydrogens is 198 g/mol. The lowest BCUT2D eigenvalue weighted by atomic mass is 10.2. The number of aromatic nitrogens is 2. The van der Waals surface area contributed by atoms with Crippen LogP contribution in [0, 0.1) is 6.92 Å². The molecule has 1 aromatic rings. The molecule has 0 aliphatic carbocycles. The van der Waals surface area contributed by atoms with Crippen molar-refractivity contribution in [1.82, 2.24) is 14.9 Å². The van der Waals surface area contributed by atoms with Gasteiger partial charge in [-0.25, -0.2) is 4.98 Å². The van der Waals surface area contributed by atoms with E-state index in [1.54, 1.807) is 0 Å². The summed E-state index contributed by atoms with van der Waals surface area (Å²) in [6, 6.07) is 0.619. The molecule has 0 fully saturated rings. The molecule has 0 saturated heterocycles. The number of nitrogens with one attached hydrogen (secondary N) is 1. The van der Waals surface area contributed by atoms with Crippen molar-refractivity contribution in [3.05, 3.63) is 18.2 Å². The summed E-state index contributed by atoms with van der Waals surface area (Å²) in [5.74, 6) is 1.13. The lowest BCUT2D eigenvalue weighted by Gasteiger charge is -2.08. The predicted molar refractivity (Wildman–Crippen MR) is 68.6 cm³/mol. The minimum Gasteiger partial charge on any atom is -0.335 e. The van der Waals surface area contributed by atoms with Gasteiger partial charge in [-0.05, 0) is 26.3 Å². The quantitative estimate of drug-likeness (QED) is 0.687. The molecule has 0 aromatic carbocycles. The van der Waals surface area contributed by atoms with Crippen LogP contribution in [0.5, 0.6) is 0 Å². The molecule has 1 aromatic heterocycles. The Morgan fingerprint density at radius 3 is 2.62 bits per heavy atom. The Bertz CT molecular complexity index is 278. The third-order valence-corrected chi connectivity index (χ3v) is 2.80. The monoisotopic (exact) mass is 223 g/mol. The molecule has 1 heterocycles. The first-order chi connectivity index (χ1) is 7.70. The smallest absolute Gasteiger partial charge is 0.105 e. The van der Waals surface area contributed by atoms with Crippen LogP contribution in [-0.4, -0.2) is 22.1 Å². The molecule has 0 radical (unpaired) electrons. The van der Waals surface area contributed by atoms with Gasteiger partial charge >= 0.3 is 0 Å². The molecule has 0 amide bonds. The highest BCUT2D eigenvalue weighted by molar-refractivity contribution is 4.87. The Hall–Kier alpha value is -0.830. The zero-order valence-corrected chi connectivity index (χ0v) is 10.9. The normalized spacial score (nSPS) is 11.2. The van der Waals surface area contributed by atoms with Gasteiger partial charge in [-0.3, -0.25) is 0 Å². The van der Waals surface area contributed by atoms with E-state index < -0.39 is 0 Å². The zero-order chi connectivity index (χ0) is 11.8. The molecular formula is C13H25N3. The number of hydrogen-bond donors (Lipinski definition) is 1. The van der Waals surface area contributed by atoms with Crippen LogP contribution in [0.2, 0.25) is 0 Å². The van der Waals surface area contributed by atoms with Crippen molar-refractivity contribution >= 4 is 0 Å². The molecule has 0 bridgehead atoms. The Kier molecular flexibility index (Phi) is 6.16. The number of aryl methyl sites for hydroxylation is 2. The maximum atomic E-state index is 4.22. The van der Waals surface area contributed by atoms with Gasteiger partial charge in [-0.2, -0.15) is 0 Å². The van der Waals surface area contributed by atoms with Crippen LogP contribution in [0.3, 0.4) is 0 Å².